The summed E-state index contributed by atoms with van der Waals surface area (Å²) < 4.78 is 11.0. The molecular weight excluding hydrogens is 476 g/mol. The molecule has 0 fully saturated rings. The van der Waals surface area contributed by atoms with Crippen LogP contribution in [0.2, 0.25) is 0 Å². The average molecular weight is 513 g/mol. The SMILES string of the molecule is COc1ccc(-c2ccc(CN(C(=O)CC(C)(C)C)c3nccc4cc(OCCO)ccc34)cc2)cc1C. The summed E-state index contributed by atoms with van der Waals surface area (Å²) in [4.78, 5) is 20.1. The van der Waals surface area contributed by atoms with E-state index in [1.54, 1.807) is 18.2 Å². The van der Waals surface area contributed by atoms with Crippen LogP contribution in [-0.4, -0.2) is 36.3 Å². The van der Waals surface area contributed by atoms with Gasteiger partial charge in [-0.25, -0.2) is 4.98 Å². The number of nitrogens with zero attached hydrogens (tertiary/aromatic N) is 2. The van der Waals surface area contributed by atoms with Gasteiger partial charge in [0.05, 0.1) is 20.3 Å². The molecule has 0 bridgehead atoms. The van der Waals surface area contributed by atoms with Gasteiger partial charge >= 0.3 is 0 Å². The number of methoxy groups -OCH3 is 1. The predicted octanol–water partition coefficient (Wildman–Crippen LogP) is 6.56. The molecule has 4 aromatic rings. The van der Waals surface area contributed by atoms with Crippen molar-refractivity contribution in [3.63, 3.8) is 0 Å². The number of aliphatic hydroxyl groups is 1. The molecule has 0 saturated heterocycles. The van der Waals surface area contributed by atoms with Crippen molar-refractivity contribution >= 4 is 22.5 Å². The van der Waals surface area contributed by atoms with E-state index in [4.69, 9.17) is 14.6 Å². The quantitative estimate of drug-likeness (QED) is 0.275. The zero-order valence-electron chi connectivity index (χ0n) is 22.8. The Morgan fingerprint density at radius 2 is 1.71 bits per heavy atom. The molecule has 0 aliphatic rings. The standard InChI is InChI=1S/C32H36N2O4/c1-22-18-25(10-13-29(22)37-5)24-8-6-23(7-9-24)21-34(30(36)20-32(2,3)4)31-28-12-11-27(38-17-16-35)19-26(28)14-15-33-31/h6-15,18-19,35H,16-17,20-21H2,1-5H3. The van der Waals surface area contributed by atoms with Gasteiger partial charge in [-0.15, -0.1) is 0 Å². The smallest absolute Gasteiger partial charge is 0.229 e. The summed E-state index contributed by atoms with van der Waals surface area (Å²) in [6, 6.07) is 22.1. The van der Waals surface area contributed by atoms with Crippen molar-refractivity contribution in [3.05, 3.63) is 84.1 Å². The van der Waals surface area contributed by atoms with Crippen molar-refractivity contribution in [1.82, 2.24) is 4.98 Å². The van der Waals surface area contributed by atoms with Crippen LogP contribution in [0.3, 0.4) is 0 Å². The number of carbonyl (C=O) groups is 1. The van der Waals surface area contributed by atoms with E-state index >= 15 is 0 Å². The summed E-state index contributed by atoms with van der Waals surface area (Å²) >= 11 is 0. The molecule has 6 nitrogen and oxygen atoms in total. The second-order valence-electron chi connectivity index (χ2n) is 10.7. The Morgan fingerprint density at radius 1 is 0.974 bits per heavy atom. The van der Waals surface area contributed by atoms with Crippen LogP contribution in [0.1, 0.15) is 38.3 Å². The van der Waals surface area contributed by atoms with E-state index in [1.807, 2.05) is 37.3 Å². The molecule has 1 aromatic heterocycles. The normalized spacial score (nSPS) is 11.4. The second kappa shape index (κ2) is 11.7. The summed E-state index contributed by atoms with van der Waals surface area (Å²) in [5.74, 6) is 2.18. The predicted molar refractivity (Wildman–Crippen MR) is 153 cm³/mol. The second-order valence-corrected chi connectivity index (χ2v) is 10.7. The molecular formula is C32H36N2O4. The van der Waals surface area contributed by atoms with Gasteiger partial charge in [-0.05, 0) is 76.4 Å². The molecule has 6 heteroatoms. The molecule has 0 aliphatic heterocycles. The van der Waals surface area contributed by atoms with Crippen LogP contribution < -0.4 is 14.4 Å². The minimum atomic E-state index is -0.165. The number of fused-ring (bicyclic) bond motifs is 1. The highest BCUT2D eigenvalue weighted by molar-refractivity contribution is 6.02. The number of aryl methyl sites for hydroxylation is 1. The van der Waals surface area contributed by atoms with E-state index in [0.717, 1.165) is 38.8 Å². The molecule has 4 rings (SSSR count). The number of anilines is 1. The summed E-state index contributed by atoms with van der Waals surface area (Å²) in [6.07, 6.45) is 2.12. The van der Waals surface area contributed by atoms with Crippen LogP contribution in [0.5, 0.6) is 11.5 Å². The Hall–Kier alpha value is -3.90. The minimum Gasteiger partial charge on any atom is -0.496 e. The highest BCUT2D eigenvalue weighted by Gasteiger charge is 2.25. The van der Waals surface area contributed by atoms with Crippen molar-refractivity contribution in [2.75, 3.05) is 25.2 Å². The molecule has 0 atom stereocenters. The lowest BCUT2D eigenvalue weighted by atomic mass is 9.91. The molecule has 0 spiro atoms. The highest BCUT2D eigenvalue weighted by atomic mass is 16.5. The van der Waals surface area contributed by atoms with Gasteiger partial charge in [-0.2, -0.15) is 0 Å². The first-order valence-corrected chi connectivity index (χ1v) is 12.9. The lowest BCUT2D eigenvalue weighted by molar-refractivity contribution is -0.120. The van der Waals surface area contributed by atoms with Gasteiger partial charge in [0, 0.05) is 18.0 Å². The number of pyridine rings is 1. The Bertz CT molecular complexity index is 1410. The van der Waals surface area contributed by atoms with Crippen molar-refractivity contribution in [2.24, 2.45) is 5.41 Å². The Morgan fingerprint density at radius 3 is 2.37 bits per heavy atom. The zero-order valence-corrected chi connectivity index (χ0v) is 22.8. The summed E-state index contributed by atoms with van der Waals surface area (Å²) in [6.45, 7) is 8.82. The van der Waals surface area contributed by atoms with E-state index in [-0.39, 0.29) is 24.5 Å². The maximum absolute atomic E-state index is 13.6. The Kier molecular flexibility index (Phi) is 8.32. The number of hydrogen-bond acceptors (Lipinski definition) is 5. The molecule has 1 heterocycles. The molecule has 1 amide bonds. The molecule has 198 valence electrons. The topological polar surface area (TPSA) is 71.9 Å². The van der Waals surface area contributed by atoms with E-state index < -0.39 is 0 Å². The first-order valence-electron chi connectivity index (χ1n) is 12.9. The van der Waals surface area contributed by atoms with E-state index in [9.17, 15) is 4.79 Å². The van der Waals surface area contributed by atoms with Crippen LogP contribution >= 0.6 is 0 Å². The first kappa shape index (κ1) is 27.1. The van der Waals surface area contributed by atoms with Gasteiger partial charge in [0.1, 0.15) is 23.9 Å². The first-order chi connectivity index (χ1) is 18.2. The van der Waals surface area contributed by atoms with Crippen molar-refractivity contribution < 1.29 is 19.4 Å². The van der Waals surface area contributed by atoms with Crippen LogP contribution in [0.4, 0.5) is 5.82 Å². The number of amides is 1. The lowest BCUT2D eigenvalue weighted by Gasteiger charge is -2.27. The third-order valence-electron chi connectivity index (χ3n) is 6.34. The average Bonchev–Trinajstić information content (AvgIpc) is 2.89. The molecule has 0 radical (unpaired) electrons. The summed E-state index contributed by atoms with van der Waals surface area (Å²) in [7, 11) is 1.68. The third kappa shape index (κ3) is 6.50. The number of hydrogen-bond donors (Lipinski definition) is 1. The Labute approximate surface area is 224 Å². The van der Waals surface area contributed by atoms with Gasteiger partial charge in [-0.1, -0.05) is 51.1 Å². The fourth-order valence-corrected chi connectivity index (χ4v) is 4.48. The number of aromatic nitrogens is 1. The monoisotopic (exact) mass is 512 g/mol. The summed E-state index contributed by atoms with van der Waals surface area (Å²) in [5.41, 5.74) is 4.15. The number of benzene rings is 3. The van der Waals surface area contributed by atoms with Crippen molar-refractivity contribution in [2.45, 2.75) is 40.7 Å². The van der Waals surface area contributed by atoms with Gasteiger partial charge in [0.25, 0.3) is 0 Å². The Balaban J connectivity index is 1.67. The maximum Gasteiger partial charge on any atom is 0.229 e. The minimum absolute atomic E-state index is 0.0213. The van der Waals surface area contributed by atoms with Crippen LogP contribution in [-0.2, 0) is 11.3 Å². The van der Waals surface area contributed by atoms with Crippen molar-refractivity contribution in [1.29, 1.82) is 0 Å². The number of aliphatic hydroxyl groups excluding tert-OH is 1. The highest BCUT2D eigenvalue weighted by Crippen LogP contribution is 2.32. The largest absolute Gasteiger partial charge is 0.496 e. The molecule has 0 aliphatic carbocycles. The molecule has 0 unspecified atom stereocenters. The van der Waals surface area contributed by atoms with Crippen LogP contribution in [0, 0.1) is 12.3 Å². The molecule has 0 saturated carbocycles. The number of carbonyl (C=O) groups excluding carboxylic acids is 1. The van der Waals surface area contributed by atoms with Gasteiger partial charge in [0.2, 0.25) is 5.91 Å². The van der Waals surface area contributed by atoms with Crippen LogP contribution in [0.25, 0.3) is 21.9 Å². The lowest BCUT2D eigenvalue weighted by Crippen LogP contribution is -2.34. The zero-order chi connectivity index (χ0) is 27.3. The third-order valence-corrected chi connectivity index (χ3v) is 6.34. The van der Waals surface area contributed by atoms with Crippen molar-refractivity contribution in [3.8, 4) is 22.6 Å². The number of rotatable bonds is 9. The summed E-state index contributed by atoms with van der Waals surface area (Å²) in [5, 5.41) is 10.9. The molecule has 38 heavy (non-hydrogen) atoms. The molecule has 3 aromatic carbocycles. The van der Waals surface area contributed by atoms with Gasteiger partial charge in [-0.3, -0.25) is 9.69 Å². The van der Waals surface area contributed by atoms with E-state index in [0.29, 0.717) is 24.5 Å². The van der Waals surface area contributed by atoms with Crippen LogP contribution in [0.15, 0.2) is 72.9 Å². The fraction of sp³-hybridized carbons (Fsp3) is 0.312. The maximum atomic E-state index is 13.6. The van der Waals surface area contributed by atoms with E-state index in [1.165, 1.54) is 0 Å². The van der Waals surface area contributed by atoms with Gasteiger partial charge in [0.15, 0.2) is 0 Å². The van der Waals surface area contributed by atoms with E-state index in [2.05, 4.69) is 62.2 Å². The van der Waals surface area contributed by atoms with Gasteiger partial charge < -0.3 is 14.6 Å². The molecule has 1 N–H and O–H groups in total. The fourth-order valence-electron chi connectivity index (χ4n) is 4.48. The number of ether oxygens (including phenoxy) is 2.